The lowest BCUT2D eigenvalue weighted by Gasteiger charge is -2.35. The molecule has 31 heavy (non-hydrogen) atoms. The van der Waals surface area contributed by atoms with E-state index in [1.165, 1.54) is 28.8 Å². The number of benzene rings is 1. The van der Waals surface area contributed by atoms with Gasteiger partial charge in [0.1, 0.15) is 0 Å². The van der Waals surface area contributed by atoms with Gasteiger partial charge in [-0.25, -0.2) is 9.18 Å². The summed E-state index contributed by atoms with van der Waals surface area (Å²) in [6.45, 7) is 3.80. The Hall–Kier alpha value is -2.60. The summed E-state index contributed by atoms with van der Waals surface area (Å²) in [7, 11) is -0.443. The maximum atomic E-state index is 15.0. The van der Waals surface area contributed by atoms with Crippen LogP contribution in [0.4, 0.5) is 20.6 Å². The number of anilines is 2. The molecule has 9 nitrogen and oxygen atoms in total. The highest BCUT2D eigenvalue weighted by Gasteiger charge is 2.28. The summed E-state index contributed by atoms with van der Waals surface area (Å²) >= 11 is 0. The minimum atomic E-state index is -3.45. The Labute approximate surface area is 182 Å². The SMILES string of the molecule is Cc1cc(NC(=O)Nc2cccc(CN3CCN(S(=O)(=O)N(C)C)CC3)c2F)ccn1. The van der Waals surface area contributed by atoms with Gasteiger partial charge in [-0.05, 0) is 25.1 Å². The van der Waals surface area contributed by atoms with Gasteiger partial charge >= 0.3 is 6.03 Å². The number of hydrogen-bond acceptors (Lipinski definition) is 5. The molecule has 1 aromatic carbocycles. The molecule has 0 aliphatic carbocycles. The largest absolute Gasteiger partial charge is 0.323 e. The number of aromatic nitrogens is 1. The van der Waals surface area contributed by atoms with Crippen LogP contribution in [0.3, 0.4) is 0 Å². The number of nitrogens with zero attached hydrogens (tertiary/aromatic N) is 4. The highest BCUT2D eigenvalue weighted by molar-refractivity contribution is 7.86. The van der Waals surface area contributed by atoms with Crippen LogP contribution in [0.1, 0.15) is 11.3 Å². The summed E-state index contributed by atoms with van der Waals surface area (Å²) in [4.78, 5) is 18.3. The fraction of sp³-hybridized carbons (Fsp3) is 0.400. The van der Waals surface area contributed by atoms with E-state index in [9.17, 15) is 17.6 Å². The van der Waals surface area contributed by atoms with Crippen LogP contribution in [0.2, 0.25) is 0 Å². The van der Waals surface area contributed by atoms with Gasteiger partial charge < -0.3 is 10.6 Å². The average Bonchev–Trinajstić information content (AvgIpc) is 2.71. The van der Waals surface area contributed by atoms with Gasteiger partial charge in [0.25, 0.3) is 10.2 Å². The van der Waals surface area contributed by atoms with Crippen LogP contribution in [0, 0.1) is 12.7 Å². The number of carbonyl (C=O) groups is 1. The highest BCUT2D eigenvalue weighted by Crippen LogP contribution is 2.21. The molecule has 0 saturated carbocycles. The summed E-state index contributed by atoms with van der Waals surface area (Å²) in [6.07, 6.45) is 1.58. The number of piperazine rings is 1. The van der Waals surface area contributed by atoms with Crippen molar-refractivity contribution in [1.29, 1.82) is 0 Å². The molecule has 3 rings (SSSR count). The van der Waals surface area contributed by atoms with Gasteiger partial charge in [0.2, 0.25) is 0 Å². The van der Waals surface area contributed by atoms with Gasteiger partial charge in [0.15, 0.2) is 5.82 Å². The first-order valence-electron chi connectivity index (χ1n) is 9.85. The lowest BCUT2D eigenvalue weighted by atomic mass is 10.1. The Balaban J connectivity index is 1.60. The average molecular weight is 451 g/mol. The number of carbonyl (C=O) groups excluding carboxylic acids is 1. The fourth-order valence-corrected chi connectivity index (χ4v) is 4.38. The van der Waals surface area contributed by atoms with Crippen molar-refractivity contribution in [2.24, 2.45) is 0 Å². The predicted molar refractivity (Wildman–Crippen MR) is 117 cm³/mol. The normalized spacial score (nSPS) is 15.8. The molecule has 2 aromatic rings. The molecule has 1 aliphatic heterocycles. The smallest absolute Gasteiger partial charge is 0.308 e. The summed E-state index contributed by atoms with van der Waals surface area (Å²) in [5, 5.41) is 5.19. The molecule has 1 fully saturated rings. The van der Waals surface area contributed by atoms with Crippen molar-refractivity contribution < 1.29 is 17.6 Å². The van der Waals surface area contributed by atoms with Crippen molar-refractivity contribution in [2.75, 3.05) is 50.9 Å². The second-order valence-corrected chi connectivity index (χ2v) is 9.65. The third-order valence-electron chi connectivity index (χ3n) is 4.99. The first-order valence-corrected chi connectivity index (χ1v) is 11.2. The van der Waals surface area contributed by atoms with Crippen LogP contribution < -0.4 is 10.6 Å². The molecule has 2 N–H and O–H groups in total. The van der Waals surface area contributed by atoms with E-state index in [4.69, 9.17) is 0 Å². The van der Waals surface area contributed by atoms with Crippen molar-refractivity contribution in [3.05, 3.63) is 53.6 Å². The van der Waals surface area contributed by atoms with Crippen LogP contribution >= 0.6 is 0 Å². The number of amides is 2. The standard InChI is InChI=1S/C20H27FN6O3S/c1-15-13-17(7-8-22-15)23-20(28)24-18-6-4-5-16(19(18)21)14-26-9-11-27(12-10-26)31(29,30)25(2)3/h4-8,13H,9-12,14H2,1-3H3,(H2,22,23,24,28). The van der Waals surface area contributed by atoms with E-state index >= 15 is 0 Å². The first-order chi connectivity index (χ1) is 14.7. The number of rotatable bonds is 6. The molecule has 11 heteroatoms. The van der Waals surface area contributed by atoms with Crippen LogP contribution in [-0.2, 0) is 16.8 Å². The Morgan fingerprint density at radius 1 is 1.16 bits per heavy atom. The highest BCUT2D eigenvalue weighted by atomic mass is 32.2. The summed E-state index contributed by atoms with van der Waals surface area (Å²) in [6, 6.07) is 7.64. The molecule has 1 saturated heterocycles. The monoisotopic (exact) mass is 450 g/mol. The number of nitrogens with one attached hydrogen (secondary N) is 2. The molecule has 0 spiro atoms. The quantitative estimate of drug-likeness (QED) is 0.702. The summed E-state index contributed by atoms with van der Waals surface area (Å²) in [5.74, 6) is -0.507. The maximum Gasteiger partial charge on any atom is 0.323 e. The summed E-state index contributed by atoms with van der Waals surface area (Å²) < 4.78 is 42.0. The maximum absolute atomic E-state index is 15.0. The van der Waals surface area contributed by atoms with Crippen LogP contribution in [-0.4, -0.2) is 73.2 Å². The van der Waals surface area contributed by atoms with Crippen molar-refractivity contribution in [1.82, 2.24) is 18.5 Å². The molecule has 2 heterocycles. The molecular weight excluding hydrogens is 423 g/mol. The summed E-state index contributed by atoms with van der Waals surface area (Å²) in [5.41, 5.74) is 1.83. The number of halogens is 1. The minimum Gasteiger partial charge on any atom is -0.308 e. The fourth-order valence-electron chi connectivity index (χ4n) is 3.30. The van der Waals surface area contributed by atoms with E-state index in [0.717, 1.165) is 5.69 Å². The molecule has 0 bridgehead atoms. The van der Waals surface area contributed by atoms with E-state index in [0.29, 0.717) is 44.0 Å². The zero-order valence-electron chi connectivity index (χ0n) is 17.8. The van der Waals surface area contributed by atoms with E-state index in [2.05, 4.69) is 15.6 Å². The van der Waals surface area contributed by atoms with Crippen molar-refractivity contribution in [3.8, 4) is 0 Å². The lowest BCUT2D eigenvalue weighted by Crippen LogP contribution is -2.51. The van der Waals surface area contributed by atoms with Crippen LogP contribution in [0.5, 0.6) is 0 Å². The van der Waals surface area contributed by atoms with E-state index in [-0.39, 0.29) is 5.69 Å². The molecule has 2 amide bonds. The number of pyridine rings is 1. The van der Waals surface area contributed by atoms with Crippen LogP contribution in [0.25, 0.3) is 0 Å². The molecule has 0 unspecified atom stereocenters. The van der Waals surface area contributed by atoms with Crippen molar-refractivity contribution >= 4 is 27.6 Å². The van der Waals surface area contributed by atoms with Gasteiger partial charge in [-0.2, -0.15) is 17.0 Å². The van der Waals surface area contributed by atoms with Gasteiger partial charge in [-0.3, -0.25) is 9.88 Å². The Kier molecular flexibility index (Phi) is 7.21. The Morgan fingerprint density at radius 3 is 2.52 bits per heavy atom. The van der Waals surface area contributed by atoms with E-state index < -0.39 is 22.1 Å². The van der Waals surface area contributed by atoms with E-state index in [1.54, 1.807) is 30.5 Å². The zero-order valence-corrected chi connectivity index (χ0v) is 18.6. The van der Waals surface area contributed by atoms with Crippen molar-refractivity contribution in [3.63, 3.8) is 0 Å². The van der Waals surface area contributed by atoms with Gasteiger partial charge in [0, 0.05) is 70.0 Å². The van der Waals surface area contributed by atoms with Crippen LogP contribution in [0.15, 0.2) is 36.5 Å². The first kappa shape index (κ1) is 23.1. The lowest BCUT2D eigenvalue weighted by molar-refractivity contribution is 0.175. The molecule has 168 valence electrons. The molecular formula is C20H27FN6O3S. The Morgan fingerprint density at radius 2 is 1.87 bits per heavy atom. The molecule has 1 aliphatic rings. The number of urea groups is 1. The van der Waals surface area contributed by atoms with Gasteiger partial charge in [-0.15, -0.1) is 0 Å². The topological polar surface area (TPSA) is 97.9 Å². The van der Waals surface area contributed by atoms with Gasteiger partial charge in [-0.1, -0.05) is 12.1 Å². The van der Waals surface area contributed by atoms with Gasteiger partial charge in [0.05, 0.1) is 5.69 Å². The Bertz CT molecular complexity index is 1040. The predicted octanol–water partition coefficient (Wildman–Crippen LogP) is 2.10. The second-order valence-electron chi connectivity index (χ2n) is 7.51. The third-order valence-corrected chi connectivity index (χ3v) is 6.93. The molecule has 1 aromatic heterocycles. The third kappa shape index (κ3) is 5.76. The number of aryl methyl sites for hydroxylation is 1. The van der Waals surface area contributed by atoms with Crippen molar-refractivity contribution in [2.45, 2.75) is 13.5 Å². The zero-order chi connectivity index (χ0) is 22.6. The molecule has 0 atom stereocenters. The minimum absolute atomic E-state index is 0.0783. The van der Waals surface area contributed by atoms with E-state index in [1.807, 2.05) is 11.8 Å². The number of hydrogen-bond donors (Lipinski definition) is 2. The second kappa shape index (κ2) is 9.69. The molecule has 0 radical (unpaired) electrons.